The summed E-state index contributed by atoms with van der Waals surface area (Å²) in [5, 5.41) is 0. The van der Waals surface area contributed by atoms with Crippen molar-refractivity contribution in [1.29, 1.82) is 0 Å². The fourth-order valence-electron chi connectivity index (χ4n) is 3.27. The molecule has 2 aliphatic rings. The Labute approximate surface area is 116 Å². The smallest absolute Gasteiger partial charge is 0.338 e. The highest BCUT2D eigenvalue weighted by molar-refractivity contribution is 5.89. The minimum absolute atomic E-state index is 0.0810. The van der Waals surface area contributed by atoms with Crippen molar-refractivity contribution in [2.45, 2.75) is 30.7 Å². The molecule has 5 heteroatoms. The molecule has 0 aromatic heterocycles. The monoisotopic (exact) mass is 281 g/mol. The first-order chi connectivity index (χ1) is 9.63. The number of carbonyl (C=O) groups is 1. The number of hydrogen-bond acceptors (Lipinski definition) is 3. The average molecular weight is 281 g/mol. The molecule has 3 nitrogen and oxygen atoms in total. The van der Waals surface area contributed by atoms with Gasteiger partial charge < -0.3 is 4.74 Å². The summed E-state index contributed by atoms with van der Waals surface area (Å²) in [6.07, 6.45) is -1.70. The van der Waals surface area contributed by atoms with Crippen LogP contribution in [-0.4, -0.2) is 48.4 Å². The molecule has 0 radical (unpaired) electrons. The SMILES string of the molecule is O=C(OC[C@@]12CCCN1C[C@@H](F)[C@H]2F)c1ccccc1. The summed E-state index contributed by atoms with van der Waals surface area (Å²) in [5.74, 6) is -0.485. The number of rotatable bonds is 3. The topological polar surface area (TPSA) is 29.5 Å². The molecule has 2 aliphatic heterocycles. The highest BCUT2D eigenvalue weighted by atomic mass is 19.2. The summed E-state index contributed by atoms with van der Waals surface area (Å²) < 4.78 is 33.0. The van der Waals surface area contributed by atoms with Crippen LogP contribution in [0.1, 0.15) is 23.2 Å². The molecule has 0 unspecified atom stereocenters. The molecule has 0 saturated carbocycles. The van der Waals surface area contributed by atoms with Gasteiger partial charge in [0, 0.05) is 6.54 Å². The van der Waals surface area contributed by atoms with E-state index in [4.69, 9.17) is 4.74 Å². The lowest BCUT2D eigenvalue weighted by Crippen LogP contribution is -2.49. The molecule has 0 bridgehead atoms. The number of carbonyl (C=O) groups excluding carboxylic acids is 1. The maximum absolute atomic E-state index is 14.2. The van der Waals surface area contributed by atoms with Gasteiger partial charge in [0.2, 0.25) is 0 Å². The van der Waals surface area contributed by atoms with E-state index in [0.29, 0.717) is 18.5 Å². The third-order valence-corrected chi connectivity index (χ3v) is 4.36. The minimum Gasteiger partial charge on any atom is -0.460 e. The van der Waals surface area contributed by atoms with Crippen LogP contribution in [0.4, 0.5) is 8.78 Å². The van der Waals surface area contributed by atoms with Crippen molar-refractivity contribution >= 4 is 5.97 Å². The van der Waals surface area contributed by atoms with E-state index in [1.54, 1.807) is 35.2 Å². The number of alkyl halides is 2. The van der Waals surface area contributed by atoms with Crippen LogP contribution < -0.4 is 0 Å². The Balaban J connectivity index is 1.70. The molecule has 3 atom stereocenters. The van der Waals surface area contributed by atoms with E-state index in [-0.39, 0.29) is 13.2 Å². The summed E-state index contributed by atoms with van der Waals surface area (Å²) in [7, 11) is 0. The van der Waals surface area contributed by atoms with Gasteiger partial charge >= 0.3 is 5.97 Å². The molecule has 108 valence electrons. The van der Waals surface area contributed by atoms with Gasteiger partial charge in [-0.3, -0.25) is 4.90 Å². The normalized spacial score (nSPS) is 33.1. The second-order valence-corrected chi connectivity index (χ2v) is 5.51. The van der Waals surface area contributed by atoms with E-state index >= 15 is 0 Å². The Hall–Kier alpha value is -1.49. The van der Waals surface area contributed by atoms with E-state index < -0.39 is 23.9 Å². The average Bonchev–Trinajstić information content (AvgIpc) is 2.97. The summed E-state index contributed by atoms with van der Waals surface area (Å²) >= 11 is 0. The second kappa shape index (κ2) is 5.13. The van der Waals surface area contributed by atoms with Gasteiger partial charge in [-0.15, -0.1) is 0 Å². The minimum atomic E-state index is -1.58. The maximum Gasteiger partial charge on any atom is 0.338 e. The lowest BCUT2D eigenvalue weighted by Gasteiger charge is -2.32. The van der Waals surface area contributed by atoms with Gasteiger partial charge in [0.25, 0.3) is 0 Å². The summed E-state index contributed by atoms with van der Waals surface area (Å²) in [5.41, 5.74) is -0.525. The Bertz CT molecular complexity index is 492. The Kier molecular flexibility index (Phi) is 3.46. The second-order valence-electron chi connectivity index (χ2n) is 5.51. The molecule has 2 saturated heterocycles. The van der Waals surface area contributed by atoms with Gasteiger partial charge in [-0.2, -0.15) is 0 Å². The van der Waals surface area contributed by atoms with Gasteiger partial charge in [-0.05, 0) is 31.5 Å². The van der Waals surface area contributed by atoms with Crippen LogP contribution in [0.25, 0.3) is 0 Å². The number of benzene rings is 1. The van der Waals surface area contributed by atoms with Gasteiger partial charge in [-0.25, -0.2) is 13.6 Å². The molecule has 1 aromatic carbocycles. The highest BCUT2D eigenvalue weighted by Crippen LogP contribution is 2.42. The van der Waals surface area contributed by atoms with Crippen molar-refractivity contribution in [2.75, 3.05) is 19.7 Å². The first-order valence-corrected chi connectivity index (χ1v) is 6.89. The van der Waals surface area contributed by atoms with Crippen molar-refractivity contribution in [3.8, 4) is 0 Å². The van der Waals surface area contributed by atoms with E-state index in [1.165, 1.54) is 0 Å². The number of fused-ring (bicyclic) bond motifs is 1. The Morgan fingerprint density at radius 1 is 1.35 bits per heavy atom. The van der Waals surface area contributed by atoms with E-state index in [2.05, 4.69) is 0 Å². The zero-order valence-electron chi connectivity index (χ0n) is 11.1. The molecular weight excluding hydrogens is 264 g/mol. The van der Waals surface area contributed by atoms with Crippen molar-refractivity contribution in [2.24, 2.45) is 0 Å². The third kappa shape index (κ3) is 2.10. The standard InChI is InChI=1S/C15H17F2NO2/c16-12-9-18-8-4-7-15(18,13(12)17)10-20-14(19)11-5-2-1-3-6-11/h1-3,5-6,12-13H,4,7-10H2/t12-,13-,15-/m1/s1. The van der Waals surface area contributed by atoms with Gasteiger partial charge in [0.1, 0.15) is 12.8 Å². The molecule has 3 rings (SSSR count). The van der Waals surface area contributed by atoms with E-state index in [0.717, 1.165) is 6.42 Å². The molecule has 0 amide bonds. The van der Waals surface area contributed by atoms with Gasteiger partial charge in [-0.1, -0.05) is 18.2 Å². The zero-order chi connectivity index (χ0) is 14.2. The molecule has 2 fully saturated rings. The Morgan fingerprint density at radius 2 is 2.10 bits per heavy atom. The molecular formula is C15H17F2NO2. The van der Waals surface area contributed by atoms with Crippen LogP contribution in [0, 0.1) is 0 Å². The number of halogens is 2. The summed E-state index contributed by atoms with van der Waals surface area (Å²) in [4.78, 5) is 13.7. The fraction of sp³-hybridized carbons (Fsp3) is 0.533. The maximum atomic E-state index is 14.2. The number of hydrogen-bond donors (Lipinski definition) is 0. The van der Waals surface area contributed by atoms with Crippen LogP contribution in [-0.2, 0) is 4.74 Å². The number of nitrogens with zero attached hydrogens (tertiary/aromatic N) is 1. The lowest BCUT2D eigenvalue weighted by molar-refractivity contribution is 0.00460. The molecule has 2 heterocycles. The lowest BCUT2D eigenvalue weighted by atomic mass is 9.93. The van der Waals surface area contributed by atoms with Crippen molar-refractivity contribution < 1.29 is 18.3 Å². The van der Waals surface area contributed by atoms with Crippen molar-refractivity contribution in [1.82, 2.24) is 4.90 Å². The molecule has 0 N–H and O–H groups in total. The largest absolute Gasteiger partial charge is 0.460 e. The van der Waals surface area contributed by atoms with Crippen LogP contribution in [0.15, 0.2) is 30.3 Å². The number of ether oxygens (including phenoxy) is 1. The fourth-order valence-corrected chi connectivity index (χ4v) is 3.27. The van der Waals surface area contributed by atoms with Crippen molar-refractivity contribution in [3.05, 3.63) is 35.9 Å². The molecule has 0 aliphatic carbocycles. The molecule has 20 heavy (non-hydrogen) atoms. The number of esters is 1. The Morgan fingerprint density at radius 3 is 2.85 bits per heavy atom. The van der Waals surface area contributed by atoms with Crippen LogP contribution in [0.2, 0.25) is 0 Å². The quantitative estimate of drug-likeness (QED) is 0.797. The first kappa shape index (κ1) is 13.5. The zero-order valence-corrected chi connectivity index (χ0v) is 11.1. The molecule has 1 aromatic rings. The third-order valence-electron chi connectivity index (χ3n) is 4.36. The molecule has 0 spiro atoms. The highest BCUT2D eigenvalue weighted by Gasteiger charge is 2.57. The van der Waals surface area contributed by atoms with Crippen LogP contribution >= 0.6 is 0 Å². The van der Waals surface area contributed by atoms with Gasteiger partial charge in [0.15, 0.2) is 6.17 Å². The van der Waals surface area contributed by atoms with Crippen molar-refractivity contribution in [3.63, 3.8) is 0 Å². The van der Waals surface area contributed by atoms with Crippen LogP contribution in [0.3, 0.4) is 0 Å². The summed E-state index contributed by atoms with van der Waals surface area (Å²) in [6.45, 7) is 0.691. The first-order valence-electron chi connectivity index (χ1n) is 6.89. The van der Waals surface area contributed by atoms with E-state index in [9.17, 15) is 13.6 Å². The summed E-state index contributed by atoms with van der Waals surface area (Å²) in [6, 6.07) is 8.57. The predicted octanol–water partition coefficient (Wildman–Crippen LogP) is 2.37. The predicted molar refractivity (Wildman–Crippen MR) is 70.1 cm³/mol. The van der Waals surface area contributed by atoms with Crippen LogP contribution in [0.5, 0.6) is 0 Å². The van der Waals surface area contributed by atoms with E-state index in [1.807, 2.05) is 0 Å². The van der Waals surface area contributed by atoms with Gasteiger partial charge in [0.05, 0.1) is 11.1 Å².